The normalized spacial score (nSPS) is 13.2. The van der Waals surface area contributed by atoms with Gasteiger partial charge in [-0.1, -0.05) is 248 Å². The molecule has 0 aliphatic rings. The van der Waals surface area contributed by atoms with Gasteiger partial charge in [-0.3, -0.25) is 9.59 Å². The van der Waals surface area contributed by atoms with Gasteiger partial charge in [-0.15, -0.1) is 0 Å². The van der Waals surface area contributed by atoms with E-state index in [0.717, 1.165) is 77.0 Å². The lowest BCUT2D eigenvalue weighted by Gasteiger charge is -2.26. The van der Waals surface area contributed by atoms with Crippen LogP contribution in [0.5, 0.6) is 0 Å². The molecule has 0 bridgehead atoms. The number of carboxylic acids is 1. The Morgan fingerprint density at radius 1 is 0.437 bits per heavy atom. The number of nitrogens with zero attached hydrogens (tertiary/aromatic N) is 1. The maximum atomic E-state index is 12.9. The number of carbonyl (C=O) groups is 3. The van der Waals surface area contributed by atoms with Crippen molar-refractivity contribution in [3.05, 3.63) is 60.8 Å². The molecule has 9 nitrogen and oxygen atoms in total. The molecule has 2 unspecified atom stereocenters. The molecule has 0 aromatic heterocycles. The highest BCUT2D eigenvalue weighted by molar-refractivity contribution is 5.70. The number of carboxylic acid groups (broad SMARTS) is 1. The zero-order valence-electron chi connectivity index (χ0n) is 46.8. The number of hydrogen-bond acceptors (Lipinski definition) is 8. The van der Waals surface area contributed by atoms with Gasteiger partial charge in [0.1, 0.15) is 13.2 Å². The lowest BCUT2D eigenvalue weighted by Crippen LogP contribution is -2.44. The van der Waals surface area contributed by atoms with Crippen LogP contribution in [0.4, 0.5) is 0 Å². The van der Waals surface area contributed by atoms with Crippen molar-refractivity contribution in [1.82, 2.24) is 0 Å². The standard InChI is InChI=1S/C62H111NO8/c1-6-8-10-12-14-16-18-20-22-24-26-28-30-32-34-36-38-40-42-44-46-48-50-52-59(64)69-56-58(57-70-62(61(66)67)68-55-54-63(3,4)5)71-60(65)53-51-49-47-45-43-41-39-37-35-33-31-29-27-25-23-21-19-17-15-13-11-9-7-2/h9,11,15,17,21,23,27,29,33,35,58,62H,6-8,10,12-14,16,18-20,22,24-26,28,30-32,34,36-57H2,1-5H3/b11-9-,17-15-,23-21-,29-27-,35-33-. The largest absolute Gasteiger partial charge is 0.545 e. The molecule has 71 heavy (non-hydrogen) atoms. The summed E-state index contributed by atoms with van der Waals surface area (Å²) in [6.45, 7) is 4.65. The Labute approximate surface area is 437 Å². The molecule has 0 spiro atoms. The lowest BCUT2D eigenvalue weighted by atomic mass is 10.0. The van der Waals surface area contributed by atoms with Gasteiger partial charge in [-0.25, -0.2) is 0 Å². The SMILES string of the molecule is CC/C=C\C/C=C\C/C=C\C/C=C\C/C=C\CCCCCCCCCC(=O)OC(COC(=O)CCCCCCCCCCCCCCCCCCCCCCCCC)COC(OCC[N+](C)(C)C)C(=O)[O-]. The number of allylic oxidation sites excluding steroid dienone is 10. The van der Waals surface area contributed by atoms with Crippen LogP contribution in [0.15, 0.2) is 60.8 Å². The number of rotatable bonds is 54. The van der Waals surface area contributed by atoms with E-state index >= 15 is 0 Å². The summed E-state index contributed by atoms with van der Waals surface area (Å²) in [6, 6.07) is 0. The van der Waals surface area contributed by atoms with Crippen LogP contribution in [0.2, 0.25) is 0 Å². The predicted octanol–water partition coefficient (Wildman–Crippen LogP) is 15.9. The Balaban J connectivity index is 4.25. The average molecular weight is 999 g/mol. The number of esters is 2. The monoisotopic (exact) mass is 998 g/mol. The van der Waals surface area contributed by atoms with E-state index in [0.29, 0.717) is 23.9 Å². The van der Waals surface area contributed by atoms with Gasteiger partial charge in [0.25, 0.3) is 0 Å². The van der Waals surface area contributed by atoms with Crippen molar-refractivity contribution in [1.29, 1.82) is 0 Å². The van der Waals surface area contributed by atoms with Crippen LogP contribution in [0.3, 0.4) is 0 Å². The number of aliphatic carboxylic acids is 1. The lowest BCUT2D eigenvalue weighted by molar-refractivity contribution is -0.870. The summed E-state index contributed by atoms with van der Waals surface area (Å²) in [4.78, 5) is 37.3. The highest BCUT2D eigenvalue weighted by Crippen LogP contribution is 2.17. The number of carbonyl (C=O) groups excluding carboxylic acids is 3. The summed E-state index contributed by atoms with van der Waals surface area (Å²) in [5, 5.41) is 11.8. The molecular formula is C62H111NO8. The minimum Gasteiger partial charge on any atom is -0.545 e. The summed E-state index contributed by atoms with van der Waals surface area (Å²) >= 11 is 0. The molecule has 412 valence electrons. The minimum absolute atomic E-state index is 0.144. The second-order valence-electron chi connectivity index (χ2n) is 20.9. The molecule has 0 heterocycles. The number of quaternary nitrogens is 1. The fourth-order valence-electron chi connectivity index (χ4n) is 8.27. The van der Waals surface area contributed by atoms with Crippen LogP contribution in [0, 0.1) is 0 Å². The Kier molecular flexibility index (Phi) is 51.0. The maximum Gasteiger partial charge on any atom is 0.306 e. The van der Waals surface area contributed by atoms with E-state index in [2.05, 4.69) is 74.6 Å². The Hall–Kier alpha value is -3.01. The third kappa shape index (κ3) is 54.6. The Morgan fingerprint density at radius 3 is 1.20 bits per heavy atom. The van der Waals surface area contributed by atoms with Crippen molar-refractivity contribution in [2.45, 2.75) is 270 Å². The first-order chi connectivity index (χ1) is 34.6. The van der Waals surface area contributed by atoms with Gasteiger partial charge in [0.15, 0.2) is 12.4 Å². The molecule has 2 atom stereocenters. The van der Waals surface area contributed by atoms with Crippen LogP contribution < -0.4 is 5.11 Å². The van der Waals surface area contributed by atoms with Crippen LogP contribution >= 0.6 is 0 Å². The third-order valence-electron chi connectivity index (χ3n) is 12.8. The van der Waals surface area contributed by atoms with Crippen molar-refractivity contribution >= 4 is 17.9 Å². The molecule has 0 fully saturated rings. The van der Waals surface area contributed by atoms with Crippen LogP contribution in [-0.4, -0.2) is 82.3 Å². The molecule has 0 saturated carbocycles. The van der Waals surface area contributed by atoms with Crippen molar-refractivity contribution in [3.8, 4) is 0 Å². The highest BCUT2D eigenvalue weighted by Gasteiger charge is 2.22. The molecular weight excluding hydrogens is 887 g/mol. The number of likely N-dealkylation sites (N-methyl/N-ethyl adjacent to an activating group) is 1. The van der Waals surface area contributed by atoms with Gasteiger partial charge < -0.3 is 33.3 Å². The van der Waals surface area contributed by atoms with Crippen LogP contribution in [0.1, 0.15) is 258 Å². The molecule has 0 N–H and O–H groups in total. The van der Waals surface area contributed by atoms with Crippen molar-refractivity contribution in [3.63, 3.8) is 0 Å². The van der Waals surface area contributed by atoms with Crippen molar-refractivity contribution in [2.75, 3.05) is 47.5 Å². The van der Waals surface area contributed by atoms with E-state index < -0.39 is 24.3 Å². The van der Waals surface area contributed by atoms with E-state index in [1.807, 2.05) is 21.1 Å². The number of hydrogen-bond donors (Lipinski definition) is 0. The smallest absolute Gasteiger partial charge is 0.306 e. The van der Waals surface area contributed by atoms with E-state index in [1.165, 1.54) is 148 Å². The molecule has 0 saturated heterocycles. The number of ether oxygens (including phenoxy) is 4. The second-order valence-corrected chi connectivity index (χ2v) is 20.9. The van der Waals surface area contributed by atoms with Crippen molar-refractivity contribution in [2.24, 2.45) is 0 Å². The molecule has 0 rings (SSSR count). The van der Waals surface area contributed by atoms with Crippen LogP contribution in [-0.2, 0) is 33.3 Å². The molecule has 9 heteroatoms. The topological polar surface area (TPSA) is 111 Å². The minimum atomic E-state index is -1.63. The molecule has 0 aromatic rings. The van der Waals surface area contributed by atoms with E-state index in [4.69, 9.17) is 18.9 Å². The summed E-state index contributed by atoms with van der Waals surface area (Å²) in [5.74, 6) is -2.29. The summed E-state index contributed by atoms with van der Waals surface area (Å²) < 4.78 is 22.7. The van der Waals surface area contributed by atoms with Gasteiger partial charge in [-0.05, 0) is 57.8 Å². The first-order valence-electron chi connectivity index (χ1n) is 29.4. The van der Waals surface area contributed by atoms with Crippen LogP contribution in [0.25, 0.3) is 0 Å². The summed E-state index contributed by atoms with van der Waals surface area (Å²) in [7, 11) is 5.92. The van der Waals surface area contributed by atoms with E-state index in [-0.39, 0.29) is 32.2 Å². The molecule has 0 amide bonds. The van der Waals surface area contributed by atoms with Gasteiger partial charge in [0.05, 0.1) is 40.3 Å². The second kappa shape index (κ2) is 53.3. The first kappa shape index (κ1) is 68.0. The Bertz CT molecular complexity index is 1350. The van der Waals surface area contributed by atoms with Gasteiger partial charge in [0.2, 0.25) is 0 Å². The molecule has 0 aliphatic heterocycles. The molecule has 0 aliphatic carbocycles. The van der Waals surface area contributed by atoms with E-state index in [1.54, 1.807) is 0 Å². The van der Waals surface area contributed by atoms with Gasteiger partial charge >= 0.3 is 11.9 Å². The summed E-state index contributed by atoms with van der Waals surface area (Å²) in [5.41, 5.74) is 0. The third-order valence-corrected chi connectivity index (χ3v) is 12.8. The van der Waals surface area contributed by atoms with Gasteiger partial charge in [-0.2, -0.15) is 0 Å². The number of unbranched alkanes of at least 4 members (excludes halogenated alkanes) is 29. The highest BCUT2D eigenvalue weighted by atomic mass is 16.7. The average Bonchev–Trinajstić information content (AvgIpc) is 3.34. The Morgan fingerprint density at radius 2 is 0.803 bits per heavy atom. The quantitative estimate of drug-likeness (QED) is 0.0195. The zero-order valence-corrected chi connectivity index (χ0v) is 46.8. The van der Waals surface area contributed by atoms with Gasteiger partial charge in [0, 0.05) is 12.8 Å². The molecule has 0 radical (unpaired) electrons. The fourth-order valence-corrected chi connectivity index (χ4v) is 8.27. The summed E-state index contributed by atoms with van der Waals surface area (Å²) in [6.07, 6.45) is 64.1. The van der Waals surface area contributed by atoms with E-state index in [9.17, 15) is 19.5 Å². The maximum absolute atomic E-state index is 12.9. The predicted molar refractivity (Wildman–Crippen MR) is 297 cm³/mol. The first-order valence-corrected chi connectivity index (χ1v) is 29.4. The molecule has 0 aromatic carbocycles. The zero-order chi connectivity index (χ0) is 52.0. The fraction of sp³-hybridized carbons (Fsp3) is 0.790. The van der Waals surface area contributed by atoms with Crippen molar-refractivity contribution < 1.29 is 42.9 Å².